The molecule has 0 heterocycles. The molecule has 0 radical (unpaired) electrons. The van der Waals surface area contributed by atoms with E-state index < -0.39 is 0 Å². The first kappa shape index (κ1) is 10.2. The van der Waals surface area contributed by atoms with Gasteiger partial charge in [0.25, 0.3) is 0 Å². The van der Waals surface area contributed by atoms with Gasteiger partial charge < -0.3 is 4.90 Å². The molecule has 0 aromatic heterocycles. The second-order valence-corrected chi connectivity index (χ2v) is 4.21. The molecular formula is C14H17N. The zero-order valence-electron chi connectivity index (χ0n) is 9.57. The highest BCUT2D eigenvalue weighted by Gasteiger charge is 2.10. The third-order valence-electron chi connectivity index (χ3n) is 3.05. The molecule has 2 aromatic rings. The highest BCUT2D eigenvalue weighted by molar-refractivity contribution is 5.86. The predicted molar refractivity (Wildman–Crippen MR) is 66.1 cm³/mol. The van der Waals surface area contributed by atoms with Crippen LogP contribution in [0.25, 0.3) is 10.8 Å². The Hall–Kier alpha value is -1.34. The van der Waals surface area contributed by atoms with Gasteiger partial charge in [0.1, 0.15) is 0 Å². The largest absolute Gasteiger partial charge is 0.303 e. The summed E-state index contributed by atoms with van der Waals surface area (Å²) in [6.45, 7) is 2.24. The highest BCUT2D eigenvalue weighted by atomic mass is 15.1. The van der Waals surface area contributed by atoms with E-state index in [1.165, 1.54) is 16.3 Å². The maximum Gasteiger partial charge on any atom is 0.0319 e. The van der Waals surface area contributed by atoms with E-state index in [9.17, 15) is 0 Å². The summed E-state index contributed by atoms with van der Waals surface area (Å²) in [5.41, 5.74) is 1.40. The smallest absolute Gasteiger partial charge is 0.0319 e. The van der Waals surface area contributed by atoms with Crippen LogP contribution >= 0.6 is 0 Å². The fourth-order valence-electron chi connectivity index (χ4n) is 1.89. The molecule has 0 saturated carbocycles. The van der Waals surface area contributed by atoms with Gasteiger partial charge in [0.2, 0.25) is 0 Å². The quantitative estimate of drug-likeness (QED) is 0.716. The lowest BCUT2D eigenvalue weighted by molar-refractivity contribution is 0.323. The first-order chi connectivity index (χ1) is 7.20. The first-order valence-corrected chi connectivity index (χ1v) is 5.34. The minimum atomic E-state index is 0.455. The first-order valence-electron chi connectivity index (χ1n) is 5.34. The summed E-state index contributed by atoms with van der Waals surface area (Å²) in [5.74, 6) is 0. The van der Waals surface area contributed by atoms with Crippen molar-refractivity contribution < 1.29 is 0 Å². The van der Waals surface area contributed by atoms with Crippen molar-refractivity contribution in [2.45, 2.75) is 13.0 Å². The summed E-state index contributed by atoms with van der Waals surface area (Å²) >= 11 is 0. The van der Waals surface area contributed by atoms with Crippen molar-refractivity contribution in [2.75, 3.05) is 14.1 Å². The molecule has 0 aliphatic rings. The molecule has 0 fully saturated rings. The lowest BCUT2D eigenvalue weighted by atomic mass is 9.99. The number of rotatable bonds is 2. The van der Waals surface area contributed by atoms with Crippen LogP contribution in [0.4, 0.5) is 0 Å². The molecule has 0 unspecified atom stereocenters. The van der Waals surface area contributed by atoms with E-state index in [-0.39, 0.29) is 0 Å². The minimum Gasteiger partial charge on any atom is -0.303 e. The van der Waals surface area contributed by atoms with E-state index in [0.717, 1.165) is 0 Å². The van der Waals surface area contributed by atoms with Crippen LogP contribution in [0.1, 0.15) is 18.5 Å². The highest BCUT2D eigenvalue weighted by Crippen LogP contribution is 2.26. The molecule has 0 bridgehead atoms. The number of hydrogen-bond donors (Lipinski definition) is 0. The van der Waals surface area contributed by atoms with Gasteiger partial charge in [0, 0.05) is 6.04 Å². The molecule has 0 aliphatic carbocycles. The summed E-state index contributed by atoms with van der Waals surface area (Å²) in [5, 5.41) is 2.69. The molecule has 1 atom stereocenters. The lowest BCUT2D eigenvalue weighted by Gasteiger charge is -2.21. The number of hydrogen-bond acceptors (Lipinski definition) is 1. The Kier molecular flexibility index (Phi) is 2.74. The monoisotopic (exact) mass is 199 g/mol. The Morgan fingerprint density at radius 3 is 2.33 bits per heavy atom. The van der Waals surface area contributed by atoms with Crippen LogP contribution in [0.2, 0.25) is 0 Å². The van der Waals surface area contributed by atoms with Gasteiger partial charge in [-0.15, -0.1) is 0 Å². The molecule has 2 rings (SSSR count). The zero-order valence-corrected chi connectivity index (χ0v) is 9.57. The second kappa shape index (κ2) is 4.03. The molecule has 15 heavy (non-hydrogen) atoms. The van der Waals surface area contributed by atoms with Gasteiger partial charge in [-0.05, 0) is 37.4 Å². The van der Waals surface area contributed by atoms with Gasteiger partial charge in [0.05, 0.1) is 0 Å². The van der Waals surface area contributed by atoms with Crippen LogP contribution in [0.5, 0.6) is 0 Å². The molecule has 78 valence electrons. The number of benzene rings is 2. The van der Waals surface area contributed by atoms with Crippen LogP contribution in [0.15, 0.2) is 42.5 Å². The molecule has 0 spiro atoms. The summed E-state index contributed by atoms with van der Waals surface area (Å²) in [6.07, 6.45) is 0. The SMILES string of the molecule is C[C@@H](c1cccc2ccccc12)N(C)C. The molecule has 0 amide bonds. The van der Waals surface area contributed by atoms with E-state index in [2.05, 4.69) is 68.4 Å². The van der Waals surface area contributed by atoms with E-state index in [1.54, 1.807) is 0 Å². The fourth-order valence-corrected chi connectivity index (χ4v) is 1.89. The molecule has 0 saturated heterocycles. The Labute approximate surface area is 91.3 Å². The lowest BCUT2D eigenvalue weighted by Crippen LogP contribution is -2.16. The Morgan fingerprint density at radius 1 is 0.933 bits per heavy atom. The number of nitrogens with zero attached hydrogens (tertiary/aromatic N) is 1. The summed E-state index contributed by atoms with van der Waals surface area (Å²) in [6, 6.07) is 15.5. The van der Waals surface area contributed by atoms with Crippen molar-refractivity contribution >= 4 is 10.8 Å². The van der Waals surface area contributed by atoms with Gasteiger partial charge in [-0.2, -0.15) is 0 Å². The summed E-state index contributed by atoms with van der Waals surface area (Å²) in [7, 11) is 4.24. The maximum atomic E-state index is 2.24. The second-order valence-electron chi connectivity index (χ2n) is 4.21. The Bertz CT molecular complexity index is 454. The molecule has 2 aromatic carbocycles. The van der Waals surface area contributed by atoms with Crippen LogP contribution in [0, 0.1) is 0 Å². The van der Waals surface area contributed by atoms with Crippen molar-refractivity contribution in [3.63, 3.8) is 0 Å². The van der Waals surface area contributed by atoms with E-state index in [4.69, 9.17) is 0 Å². The molecular weight excluding hydrogens is 182 g/mol. The average molecular weight is 199 g/mol. The van der Waals surface area contributed by atoms with Crippen molar-refractivity contribution in [3.05, 3.63) is 48.0 Å². The standard InChI is InChI=1S/C14H17N/c1-11(15(2)3)13-10-6-8-12-7-4-5-9-14(12)13/h4-11H,1-3H3/t11-/m0/s1. The summed E-state index contributed by atoms with van der Waals surface area (Å²) in [4.78, 5) is 2.24. The van der Waals surface area contributed by atoms with Crippen molar-refractivity contribution in [2.24, 2.45) is 0 Å². The van der Waals surface area contributed by atoms with Gasteiger partial charge in [-0.25, -0.2) is 0 Å². The van der Waals surface area contributed by atoms with Gasteiger partial charge in [0.15, 0.2) is 0 Å². The topological polar surface area (TPSA) is 3.24 Å². The van der Waals surface area contributed by atoms with Crippen LogP contribution in [-0.4, -0.2) is 19.0 Å². The molecule has 0 N–H and O–H groups in total. The van der Waals surface area contributed by atoms with Crippen LogP contribution in [0.3, 0.4) is 0 Å². The number of fused-ring (bicyclic) bond motifs is 1. The third kappa shape index (κ3) is 1.88. The zero-order chi connectivity index (χ0) is 10.8. The third-order valence-corrected chi connectivity index (χ3v) is 3.05. The van der Waals surface area contributed by atoms with Crippen molar-refractivity contribution in [3.8, 4) is 0 Å². The fraction of sp³-hybridized carbons (Fsp3) is 0.286. The van der Waals surface area contributed by atoms with Crippen molar-refractivity contribution in [1.82, 2.24) is 4.90 Å². The molecule has 0 aliphatic heterocycles. The Balaban J connectivity index is 2.60. The Morgan fingerprint density at radius 2 is 1.60 bits per heavy atom. The van der Waals surface area contributed by atoms with Crippen LogP contribution in [-0.2, 0) is 0 Å². The van der Waals surface area contributed by atoms with Gasteiger partial charge >= 0.3 is 0 Å². The van der Waals surface area contributed by atoms with Gasteiger partial charge in [-0.3, -0.25) is 0 Å². The summed E-state index contributed by atoms with van der Waals surface area (Å²) < 4.78 is 0. The van der Waals surface area contributed by atoms with E-state index in [1.807, 2.05) is 0 Å². The maximum absolute atomic E-state index is 2.24. The van der Waals surface area contributed by atoms with Crippen molar-refractivity contribution in [1.29, 1.82) is 0 Å². The average Bonchev–Trinajstić information content (AvgIpc) is 2.27. The van der Waals surface area contributed by atoms with E-state index in [0.29, 0.717) is 6.04 Å². The molecule has 1 nitrogen and oxygen atoms in total. The minimum absolute atomic E-state index is 0.455. The van der Waals surface area contributed by atoms with Gasteiger partial charge in [-0.1, -0.05) is 42.5 Å². The molecule has 1 heteroatoms. The predicted octanol–water partition coefficient (Wildman–Crippen LogP) is 3.46. The van der Waals surface area contributed by atoms with Crippen LogP contribution < -0.4 is 0 Å². The normalized spacial score (nSPS) is 13.3. The van der Waals surface area contributed by atoms with E-state index >= 15 is 0 Å².